The Kier molecular flexibility index (Phi) is 7.14. The zero-order chi connectivity index (χ0) is 26.4. The van der Waals surface area contributed by atoms with E-state index in [0.717, 1.165) is 0 Å². The summed E-state index contributed by atoms with van der Waals surface area (Å²) in [6.07, 6.45) is 0.220. The molecule has 3 unspecified atom stereocenters. The Hall–Kier alpha value is -2.37. The van der Waals surface area contributed by atoms with Gasteiger partial charge in [-0.25, -0.2) is 17.2 Å². The van der Waals surface area contributed by atoms with Gasteiger partial charge in [0.15, 0.2) is 21.4 Å². The number of rotatable bonds is 9. The molecule has 5 rings (SSSR count). The monoisotopic (exact) mass is 537 g/mol. The fourth-order valence-corrected chi connectivity index (χ4v) is 6.87. The van der Waals surface area contributed by atoms with E-state index in [0.29, 0.717) is 37.4 Å². The van der Waals surface area contributed by atoms with E-state index in [1.165, 1.54) is 12.1 Å². The number of sulfone groups is 1. The maximum absolute atomic E-state index is 13.9. The minimum Gasteiger partial charge on any atom is -0.348 e. The smallest absolute Gasteiger partial charge is 0.233 e. The van der Waals surface area contributed by atoms with Gasteiger partial charge in [0.25, 0.3) is 0 Å². The van der Waals surface area contributed by atoms with E-state index in [1.807, 2.05) is 13.8 Å². The summed E-state index contributed by atoms with van der Waals surface area (Å²) in [6, 6.07) is 7.98. The molecule has 1 aromatic heterocycles. The van der Waals surface area contributed by atoms with Crippen LogP contribution >= 0.6 is 0 Å². The van der Waals surface area contributed by atoms with Crippen LogP contribution in [0.5, 0.6) is 0 Å². The number of amides is 1. The molecular formula is C26H33F2N3O5S. The Balaban J connectivity index is 1.30. The van der Waals surface area contributed by atoms with Crippen LogP contribution in [0.3, 0.4) is 0 Å². The van der Waals surface area contributed by atoms with Crippen molar-refractivity contribution in [3.05, 3.63) is 42.1 Å². The van der Waals surface area contributed by atoms with Gasteiger partial charge in [-0.3, -0.25) is 9.48 Å². The van der Waals surface area contributed by atoms with Crippen LogP contribution in [0.2, 0.25) is 0 Å². The van der Waals surface area contributed by atoms with Gasteiger partial charge < -0.3 is 14.8 Å². The van der Waals surface area contributed by atoms with Gasteiger partial charge in [0.05, 0.1) is 29.2 Å². The lowest BCUT2D eigenvalue weighted by atomic mass is 9.87. The first-order chi connectivity index (χ1) is 17.5. The van der Waals surface area contributed by atoms with Gasteiger partial charge in [-0.15, -0.1) is 0 Å². The second kappa shape index (κ2) is 10.1. The number of benzene rings is 1. The lowest BCUT2D eigenvalue weighted by molar-refractivity contribution is -0.139. The molecule has 2 aromatic rings. The van der Waals surface area contributed by atoms with Gasteiger partial charge in [-0.05, 0) is 69.6 Å². The van der Waals surface area contributed by atoms with Crippen LogP contribution in [0.25, 0.3) is 0 Å². The highest BCUT2D eigenvalue weighted by molar-refractivity contribution is 7.92. The van der Waals surface area contributed by atoms with Crippen molar-refractivity contribution in [1.29, 1.82) is 0 Å². The van der Waals surface area contributed by atoms with Crippen LogP contribution in [-0.2, 0) is 30.7 Å². The second-order valence-electron chi connectivity index (χ2n) is 10.8. The Morgan fingerprint density at radius 3 is 2.43 bits per heavy atom. The normalized spacial score (nSPS) is 28.3. The molecule has 0 spiro atoms. The van der Waals surface area contributed by atoms with Crippen molar-refractivity contribution in [2.75, 3.05) is 11.9 Å². The summed E-state index contributed by atoms with van der Waals surface area (Å²) in [5, 5.41) is 6.91. The van der Waals surface area contributed by atoms with Crippen molar-refractivity contribution in [2.24, 2.45) is 5.92 Å². The van der Waals surface area contributed by atoms with Gasteiger partial charge in [-0.1, -0.05) is 12.1 Å². The van der Waals surface area contributed by atoms with Crippen LogP contribution in [0.1, 0.15) is 57.4 Å². The topological polar surface area (TPSA) is 99.5 Å². The highest BCUT2D eigenvalue weighted by Gasteiger charge is 2.39. The van der Waals surface area contributed by atoms with Crippen molar-refractivity contribution < 1.29 is 31.5 Å². The highest BCUT2D eigenvalue weighted by Crippen LogP contribution is 2.39. The first-order valence-electron chi connectivity index (χ1n) is 12.8. The van der Waals surface area contributed by atoms with Crippen molar-refractivity contribution >= 4 is 21.6 Å². The molecule has 4 atom stereocenters. The molecule has 1 aliphatic heterocycles. The van der Waals surface area contributed by atoms with E-state index in [1.54, 1.807) is 29.1 Å². The Bertz CT molecular complexity index is 1220. The molecular weight excluding hydrogens is 504 g/mol. The number of anilines is 1. The zero-order valence-electron chi connectivity index (χ0n) is 21.0. The number of aromatic nitrogens is 2. The van der Waals surface area contributed by atoms with Crippen LogP contribution in [0, 0.1) is 5.92 Å². The van der Waals surface area contributed by atoms with Gasteiger partial charge in [0.1, 0.15) is 18.4 Å². The molecule has 11 heteroatoms. The highest BCUT2D eigenvalue weighted by atomic mass is 32.2. The number of halogens is 2. The minimum absolute atomic E-state index is 0.0630. The van der Waals surface area contributed by atoms with E-state index in [2.05, 4.69) is 10.4 Å². The third kappa shape index (κ3) is 6.04. The number of carbonyl (C=O) groups is 1. The number of hydrogen-bond donors (Lipinski definition) is 1. The largest absolute Gasteiger partial charge is 0.348 e. The van der Waals surface area contributed by atoms with Crippen molar-refractivity contribution in [3.8, 4) is 0 Å². The Morgan fingerprint density at radius 1 is 1.16 bits per heavy atom. The molecule has 2 aliphatic carbocycles. The van der Waals surface area contributed by atoms with Crippen LogP contribution in [-0.4, -0.2) is 60.2 Å². The summed E-state index contributed by atoms with van der Waals surface area (Å²) in [6.45, 7) is 4.58. The van der Waals surface area contributed by atoms with Crippen molar-refractivity contribution in [1.82, 2.24) is 9.78 Å². The van der Waals surface area contributed by atoms with E-state index in [-0.39, 0.29) is 47.3 Å². The third-order valence-corrected chi connectivity index (χ3v) is 9.60. The average molecular weight is 538 g/mol. The Morgan fingerprint density at radius 2 is 1.84 bits per heavy atom. The lowest BCUT2D eigenvalue weighted by Gasteiger charge is -2.20. The number of nitrogens with zero attached hydrogens (tertiary/aromatic N) is 2. The van der Waals surface area contributed by atoms with Crippen LogP contribution in [0.4, 0.5) is 14.6 Å². The molecule has 0 bridgehead atoms. The van der Waals surface area contributed by atoms with Gasteiger partial charge in [-0.2, -0.15) is 5.10 Å². The fraction of sp³-hybridized carbons (Fsp3) is 0.615. The maximum atomic E-state index is 13.9. The summed E-state index contributed by atoms with van der Waals surface area (Å²) in [7, 11) is -3.36. The molecule has 2 heterocycles. The number of hydrogen-bond acceptors (Lipinski definition) is 6. The van der Waals surface area contributed by atoms with Crippen molar-refractivity contribution in [2.45, 2.75) is 92.8 Å². The molecule has 1 amide bonds. The van der Waals surface area contributed by atoms with Gasteiger partial charge in [0, 0.05) is 12.3 Å². The average Bonchev–Trinajstić information content (AvgIpc) is 3.44. The van der Waals surface area contributed by atoms with Gasteiger partial charge >= 0.3 is 0 Å². The third-order valence-electron chi connectivity index (χ3n) is 7.32. The summed E-state index contributed by atoms with van der Waals surface area (Å²) < 4.78 is 65.9. The van der Waals surface area contributed by atoms with Crippen molar-refractivity contribution in [3.63, 3.8) is 0 Å². The van der Waals surface area contributed by atoms with Gasteiger partial charge in [0.2, 0.25) is 5.91 Å². The number of carbonyl (C=O) groups excluding carboxylic acids is 1. The SMILES string of the molecule is CC1(C)OC[C@H](Cn2ccc(NC(=O)C(CC3CC(F)C(F)C3)c3ccc(S(=O)(=O)C4CC4)cc3)n2)O1. The summed E-state index contributed by atoms with van der Waals surface area (Å²) in [5.74, 6) is -1.66. The predicted octanol–water partition coefficient (Wildman–Crippen LogP) is 4.17. The first-order valence-corrected chi connectivity index (χ1v) is 14.3. The molecule has 8 nitrogen and oxygen atoms in total. The molecule has 1 aromatic carbocycles. The molecule has 3 aliphatic rings. The molecule has 202 valence electrons. The molecule has 1 N–H and O–H groups in total. The number of alkyl halides is 2. The summed E-state index contributed by atoms with van der Waals surface area (Å²) in [4.78, 5) is 13.6. The second-order valence-corrected chi connectivity index (χ2v) is 13.1. The van der Waals surface area contributed by atoms with E-state index >= 15 is 0 Å². The first kappa shape index (κ1) is 26.2. The van der Waals surface area contributed by atoms with Crippen LogP contribution in [0.15, 0.2) is 41.4 Å². The summed E-state index contributed by atoms with van der Waals surface area (Å²) in [5.41, 5.74) is 0.600. The summed E-state index contributed by atoms with van der Waals surface area (Å²) >= 11 is 0. The number of ether oxygens (including phenoxy) is 2. The van der Waals surface area contributed by atoms with E-state index < -0.39 is 33.9 Å². The standard InChI is InChI=1S/C26H33F2N3O5S/c1-26(2)35-15-18(36-26)14-31-10-9-24(30-31)29-25(32)21(11-16-12-22(27)23(28)13-16)17-3-5-19(6-4-17)37(33,34)20-7-8-20/h3-6,9-10,16,18,20-23H,7-8,11-15H2,1-2H3,(H,29,30,32)/t16?,18-,21?,22?,23?/m0/s1. The number of nitrogens with one attached hydrogen (secondary N) is 1. The van der Waals surface area contributed by atoms with E-state index in [4.69, 9.17) is 9.47 Å². The molecule has 0 radical (unpaired) electrons. The van der Waals surface area contributed by atoms with E-state index in [9.17, 15) is 22.0 Å². The molecule has 3 fully saturated rings. The Labute approximate surface area is 215 Å². The fourth-order valence-electron chi connectivity index (χ4n) is 5.21. The van der Waals surface area contributed by atoms with Crippen LogP contribution < -0.4 is 5.32 Å². The molecule has 1 saturated heterocycles. The molecule has 37 heavy (non-hydrogen) atoms. The predicted molar refractivity (Wildman–Crippen MR) is 132 cm³/mol. The quantitative estimate of drug-likeness (QED) is 0.516. The lowest BCUT2D eigenvalue weighted by Crippen LogP contribution is -2.25. The minimum atomic E-state index is -3.36. The maximum Gasteiger partial charge on any atom is 0.233 e. The molecule has 2 saturated carbocycles. The zero-order valence-corrected chi connectivity index (χ0v) is 21.8.